The van der Waals surface area contributed by atoms with E-state index >= 15 is 0 Å². The molecule has 150 valence electrons. The number of nitrogens with zero attached hydrogens (tertiary/aromatic N) is 3. The van der Waals surface area contributed by atoms with Gasteiger partial charge in [0, 0.05) is 37.0 Å². The Bertz CT molecular complexity index is 1070. The third kappa shape index (κ3) is 4.45. The zero-order valence-electron chi connectivity index (χ0n) is 15.9. The van der Waals surface area contributed by atoms with Gasteiger partial charge < -0.3 is 9.47 Å². The summed E-state index contributed by atoms with van der Waals surface area (Å²) in [5.74, 6) is -0.404. The van der Waals surface area contributed by atoms with Crippen LogP contribution in [-0.4, -0.2) is 28.5 Å². The summed E-state index contributed by atoms with van der Waals surface area (Å²) in [5.41, 5.74) is 1.90. The summed E-state index contributed by atoms with van der Waals surface area (Å²) < 4.78 is 29.6. The second-order valence-corrected chi connectivity index (χ2v) is 7.80. The van der Waals surface area contributed by atoms with E-state index in [0.717, 1.165) is 25.1 Å². The minimum Gasteiger partial charge on any atom is -0.343 e. The summed E-state index contributed by atoms with van der Waals surface area (Å²) in [7, 11) is 0. The smallest absolute Gasteiger partial charge is 0.222 e. The maximum atomic E-state index is 14.4. The first-order valence-corrected chi connectivity index (χ1v) is 10.5. The van der Waals surface area contributed by atoms with Crippen molar-refractivity contribution in [3.8, 4) is 11.3 Å². The minimum absolute atomic E-state index is 0.200. The Morgan fingerprint density at radius 3 is 2.55 bits per heavy atom. The number of aromatic nitrogens is 1. The van der Waals surface area contributed by atoms with Crippen LogP contribution in [0.15, 0.2) is 58.9 Å². The summed E-state index contributed by atoms with van der Waals surface area (Å²) in [6, 6.07) is 12.6. The highest BCUT2D eigenvalue weighted by atomic mass is 32.1. The van der Waals surface area contributed by atoms with Crippen LogP contribution in [0.3, 0.4) is 0 Å². The molecule has 0 N–H and O–H groups in total. The van der Waals surface area contributed by atoms with Gasteiger partial charge in [0.05, 0.1) is 11.4 Å². The summed E-state index contributed by atoms with van der Waals surface area (Å²) in [6.07, 6.45) is 2.29. The quantitative estimate of drug-likeness (QED) is 0.575. The van der Waals surface area contributed by atoms with Crippen molar-refractivity contribution >= 4 is 22.9 Å². The summed E-state index contributed by atoms with van der Waals surface area (Å²) in [4.78, 5) is 19.1. The largest absolute Gasteiger partial charge is 0.343 e. The third-order valence-corrected chi connectivity index (χ3v) is 5.84. The van der Waals surface area contributed by atoms with E-state index in [9.17, 15) is 13.6 Å². The molecular weight excluding hydrogens is 392 g/mol. The third-order valence-electron chi connectivity index (χ3n) is 4.98. The van der Waals surface area contributed by atoms with Gasteiger partial charge in [0.15, 0.2) is 4.80 Å². The number of amides is 1. The van der Waals surface area contributed by atoms with Gasteiger partial charge in [-0.1, -0.05) is 12.1 Å². The molecule has 0 radical (unpaired) electrons. The van der Waals surface area contributed by atoms with Crippen molar-refractivity contribution in [3.05, 3.63) is 70.3 Å². The highest BCUT2D eigenvalue weighted by Crippen LogP contribution is 2.24. The summed E-state index contributed by atoms with van der Waals surface area (Å²) in [6.45, 7) is 2.09. The van der Waals surface area contributed by atoms with Gasteiger partial charge in [-0.25, -0.2) is 13.8 Å². The molecule has 29 heavy (non-hydrogen) atoms. The van der Waals surface area contributed by atoms with Crippen LogP contribution in [0.25, 0.3) is 11.3 Å². The molecule has 4 rings (SSSR count). The lowest BCUT2D eigenvalue weighted by molar-refractivity contribution is -0.127. The molecule has 0 bridgehead atoms. The predicted molar refractivity (Wildman–Crippen MR) is 110 cm³/mol. The molecule has 0 spiro atoms. The van der Waals surface area contributed by atoms with Crippen LogP contribution in [0.1, 0.15) is 19.3 Å². The van der Waals surface area contributed by atoms with E-state index in [1.807, 2.05) is 14.8 Å². The molecule has 7 heteroatoms. The molecule has 0 unspecified atom stereocenters. The number of hydrogen-bond donors (Lipinski definition) is 0. The molecule has 0 aliphatic carbocycles. The standard InChI is InChI=1S/C22H21F2N3OS/c23-16-8-10-17(11-9-16)25-22-27(14-4-13-26-12-3-7-21(26)28)20(15-29-22)18-5-1-2-6-19(18)24/h1-2,5-6,8-11,15H,3-4,7,12-14H2. The Morgan fingerprint density at radius 1 is 1.03 bits per heavy atom. The lowest BCUT2D eigenvalue weighted by Gasteiger charge is -2.16. The molecule has 2 aromatic carbocycles. The number of carbonyl (C=O) groups is 1. The minimum atomic E-state index is -0.315. The molecule has 1 aliphatic heterocycles. The molecule has 1 amide bonds. The number of rotatable bonds is 6. The zero-order valence-corrected chi connectivity index (χ0v) is 16.7. The predicted octanol–water partition coefficient (Wildman–Crippen LogP) is 4.74. The van der Waals surface area contributed by atoms with Crippen LogP contribution in [-0.2, 0) is 11.3 Å². The Kier molecular flexibility index (Phi) is 5.85. The maximum Gasteiger partial charge on any atom is 0.222 e. The van der Waals surface area contributed by atoms with Gasteiger partial charge >= 0.3 is 0 Å². The average Bonchev–Trinajstić information content (AvgIpc) is 3.31. The Labute approximate surface area is 171 Å². The Morgan fingerprint density at radius 2 is 1.83 bits per heavy atom. The molecule has 0 atom stereocenters. The number of likely N-dealkylation sites (tertiary alicyclic amines) is 1. The van der Waals surface area contributed by atoms with Crippen LogP contribution < -0.4 is 4.80 Å². The molecule has 4 nitrogen and oxygen atoms in total. The SMILES string of the molecule is O=C1CCCN1CCCn1c(-c2ccccc2F)csc1=Nc1ccc(F)cc1. The van der Waals surface area contributed by atoms with E-state index in [2.05, 4.69) is 4.99 Å². The van der Waals surface area contributed by atoms with Gasteiger partial charge in [-0.2, -0.15) is 0 Å². The van der Waals surface area contributed by atoms with E-state index in [1.165, 1.54) is 29.5 Å². The van der Waals surface area contributed by atoms with Crippen LogP contribution in [0.4, 0.5) is 14.5 Å². The fraction of sp³-hybridized carbons (Fsp3) is 0.273. The second-order valence-electron chi connectivity index (χ2n) is 6.96. The van der Waals surface area contributed by atoms with Crippen LogP contribution in [0, 0.1) is 11.6 Å². The van der Waals surface area contributed by atoms with Crippen molar-refractivity contribution < 1.29 is 13.6 Å². The monoisotopic (exact) mass is 413 g/mol. The van der Waals surface area contributed by atoms with Gasteiger partial charge in [-0.15, -0.1) is 11.3 Å². The number of thiazole rings is 1. The summed E-state index contributed by atoms with van der Waals surface area (Å²) in [5, 5.41) is 1.89. The maximum absolute atomic E-state index is 14.4. The van der Waals surface area contributed by atoms with Crippen molar-refractivity contribution in [2.45, 2.75) is 25.8 Å². The van der Waals surface area contributed by atoms with E-state index in [0.29, 0.717) is 35.6 Å². The Balaban J connectivity index is 1.66. The molecular formula is C22H21F2N3OS. The second kappa shape index (κ2) is 8.69. The summed E-state index contributed by atoms with van der Waals surface area (Å²) >= 11 is 1.42. The molecule has 3 aromatic rings. The molecule has 1 aliphatic rings. The van der Waals surface area contributed by atoms with E-state index in [1.54, 1.807) is 30.3 Å². The number of carbonyl (C=O) groups excluding carboxylic acids is 1. The van der Waals surface area contributed by atoms with Crippen molar-refractivity contribution in [2.75, 3.05) is 13.1 Å². The van der Waals surface area contributed by atoms with Gasteiger partial charge in [0.25, 0.3) is 0 Å². The van der Waals surface area contributed by atoms with E-state index in [-0.39, 0.29) is 17.5 Å². The zero-order chi connectivity index (χ0) is 20.2. The molecule has 1 saturated heterocycles. The van der Waals surface area contributed by atoms with Crippen molar-refractivity contribution in [1.29, 1.82) is 0 Å². The fourth-order valence-electron chi connectivity index (χ4n) is 3.51. The topological polar surface area (TPSA) is 37.6 Å². The van der Waals surface area contributed by atoms with E-state index in [4.69, 9.17) is 0 Å². The van der Waals surface area contributed by atoms with Crippen LogP contribution in [0.5, 0.6) is 0 Å². The molecule has 0 saturated carbocycles. The Hall–Kier alpha value is -2.80. The molecule has 2 heterocycles. The van der Waals surface area contributed by atoms with Crippen LogP contribution in [0.2, 0.25) is 0 Å². The first kappa shape index (κ1) is 19.5. The highest BCUT2D eigenvalue weighted by Gasteiger charge is 2.19. The number of halogens is 2. The molecule has 1 aromatic heterocycles. The number of benzene rings is 2. The van der Waals surface area contributed by atoms with E-state index < -0.39 is 0 Å². The van der Waals surface area contributed by atoms with Gasteiger partial charge in [0.1, 0.15) is 11.6 Å². The van der Waals surface area contributed by atoms with Gasteiger partial charge in [0.2, 0.25) is 5.91 Å². The van der Waals surface area contributed by atoms with Gasteiger partial charge in [-0.3, -0.25) is 4.79 Å². The van der Waals surface area contributed by atoms with Crippen molar-refractivity contribution in [1.82, 2.24) is 9.47 Å². The van der Waals surface area contributed by atoms with Crippen LogP contribution >= 0.6 is 11.3 Å². The van der Waals surface area contributed by atoms with Gasteiger partial charge in [-0.05, 0) is 49.2 Å². The molecule has 1 fully saturated rings. The lowest BCUT2D eigenvalue weighted by Crippen LogP contribution is -2.27. The van der Waals surface area contributed by atoms with Crippen molar-refractivity contribution in [2.24, 2.45) is 4.99 Å². The lowest BCUT2D eigenvalue weighted by atomic mass is 10.1. The fourth-order valence-corrected chi connectivity index (χ4v) is 4.45. The number of hydrogen-bond acceptors (Lipinski definition) is 3. The average molecular weight is 413 g/mol. The first-order valence-electron chi connectivity index (χ1n) is 9.63. The first-order chi connectivity index (χ1) is 14.1. The normalized spacial score (nSPS) is 14.8. The van der Waals surface area contributed by atoms with Crippen molar-refractivity contribution in [3.63, 3.8) is 0 Å². The highest BCUT2D eigenvalue weighted by molar-refractivity contribution is 7.07.